The number of hydrogen-bond acceptors (Lipinski definition) is 2. The van der Waals surface area contributed by atoms with Crippen molar-refractivity contribution in [3.8, 4) is 0 Å². The molecule has 126 valence electrons. The van der Waals surface area contributed by atoms with Crippen LogP contribution in [0, 0.1) is 0 Å². The normalized spacial score (nSPS) is 13.0. The molecule has 0 fully saturated rings. The molecular formula is C18H21ClN3O2+. The van der Waals surface area contributed by atoms with Gasteiger partial charge in [-0.05, 0) is 13.0 Å². The molecule has 0 spiro atoms. The molecule has 2 aromatic carbocycles. The van der Waals surface area contributed by atoms with Gasteiger partial charge in [-0.3, -0.25) is 10.1 Å². The standard InChI is InChI=1S/C18H20ClN3O2/c1-12(14-10-6-7-11-15(14)19)21-16(13-8-4-3-5-9-13)17(23)22-18(24)20-2/h3-12,16,21H,1-2H3,(H2,20,22,23,24)/p+1/t12-,16+/m0/s1. The Bertz CT molecular complexity index is 706. The van der Waals surface area contributed by atoms with Crippen molar-refractivity contribution in [1.29, 1.82) is 0 Å². The molecule has 3 amide bonds. The van der Waals surface area contributed by atoms with E-state index in [9.17, 15) is 9.59 Å². The van der Waals surface area contributed by atoms with Gasteiger partial charge in [0.25, 0.3) is 5.91 Å². The van der Waals surface area contributed by atoms with Crippen molar-refractivity contribution in [2.75, 3.05) is 7.05 Å². The van der Waals surface area contributed by atoms with Crippen molar-refractivity contribution < 1.29 is 14.9 Å². The quantitative estimate of drug-likeness (QED) is 0.776. The minimum Gasteiger partial charge on any atom is -0.341 e. The lowest BCUT2D eigenvalue weighted by Gasteiger charge is -2.20. The van der Waals surface area contributed by atoms with Gasteiger partial charge >= 0.3 is 6.03 Å². The lowest BCUT2D eigenvalue weighted by molar-refractivity contribution is -0.719. The van der Waals surface area contributed by atoms with Gasteiger partial charge in [0.2, 0.25) is 0 Å². The summed E-state index contributed by atoms with van der Waals surface area (Å²) in [5.74, 6) is -0.376. The van der Waals surface area contributed by atoms with E-state index in [2.05, 4.69) is 10.6 Å². The van der Waals surface area contributed by atoms with E-state index in [1.54, 1.807) is 0 Å². The van der Waals surface area contributed by atoms with Crippen LogP contribution in [0.2, 0.25) is 5.02 Å². The molecule has 4 N–H and O–H groups in total. The van der Waals surface area contributed by atoms with Crippen LogP contribution in [0.25, 0.3) is 0 Å². The number of quaternary nitrogens is 1. The molecular weight excluding hydrogens is 326 g/mol. The van der Waals surface area contributed by atoms with Gasteiger partial charge < -0.3 is 10.6 Å². The zero-order valence-electron chi connectivity index (χ0n) is 13.6. The average molecular weight is 347 g/mol. The average Bonchev–Trinajstić information content (AvgIpc) is 2.60. The Balaban J connectivity index is 2.24. The Hall–Kier alpha value is -2.37. The Kier molecular flexibility index (Phi) is 6.35. The van der Waals surface area contributed by atoms with Crippen LogP contribution >= 0.6 is 11.6 Å². The summed E-state index contributed by atoms with van der Waals surface area (Å²) in [6, 6.07) is 15.7. The summed E-state index contributed by atoms with van der Waals surface area (Å²) in [5.41, 5.74) is 1.76. The van der Waals surface area contributed by atoms with E-state index >= 15 is 0 Å². The molecule has 0 saturated heterocycles. The van der Waals surface area contributed by atoms with Gasteiger partial charge in [0.05, 0.1) is 0 Å². The molecule has 0 saturated carbocycles. The number of nitrogens with two attached hydrogens (primary N) is 1. The van der Waals surface area contributed by atoms with Crippen molar-refractivity contribution in [3.63, 3.8) is 0 Å². The van der Waals surface area contributed by atoms with E-state index in [4.69, 9.17) is 11.6 Å². The lowest BCUT2D eigenvalue weighted by Crippen LogP contribution is -2.88. The number of hydrogen-bond donors (Lipinski definition) is 3. The monoisotopic (exact) mass is 346 g/mol. The number of carbonyl (C=O) groups excluding carboxylic acids is 2. The summed E-state index contributed by atoms with van der Waals surface area (Å²) in [4.78, 5) is 24.0. The third kappa shape index (κ3) is 4.57. The number of carbonyl (C=O) groups is 2. The smallest absolute Gasteiger partial charge is 0.321 e. The molecule has 0 radical (unpaired) electrons. The molecule has 0 unspecified atom stereocenters. The maximum absolute atomic E-state index is 12.5. The first-order valence-corrected chi connectivity index (χ1v) is 8.07. The van der Waals surface area contributed by atoms with Gasteiger partial charge in [-0.2, -0.15) is 0 Å². The SMILES string of the molecule is CNC(=O)NC(=O)[C@H]([NH2+][C@@H](C)c1ccccc1Cl)c1ccccc1. The first kappa shape index (κ1) is 18.0. The molecule has 0 aromatic heterocycles. The molecule has 0 heterocycles. The maximum atomic E-state index is 12.5. The topological polar surface area (TPSA) is 74.8 Å². The zero-order valence-corrected chi connectivity index (χ0v) is 14.4. The number of benzene rings is 2. The van der Waals surface area contributed by atoms with E-state index in [0.717, 1.165) is 11.1 Å². The molecule has 6 heteroatoms. The van der Waals surface area contributed by atoms with E-state index in [1.165, 1.54) is 7.05 Å². The highest BCUT2D eigenvalue weighted by molar-refractivity contribution is 6.31. The van der Waals surface area contributed by atoms with Crippen molar-refractivity contribution >= 4 is 23.5 Å². The molecule has 0 aliphatic heterocycles. The van der Waals surface area contributed by atoms with Crippen molar-refractivity contribution in [1.82, 2.24) is 10.6 Å². The van der Waals surface area contributed by atoms with Gasteiger partial charge in [0.1, 0.15) is 6.04 Å². The number of imide groups is 1. The Labute approximate surface area is 146 Å². The summed E-state index contributed by atoms with van der Waals surface area (Å²) in [6.45, 7) is 1.98. The Morgan fingerprint density at radius 2 is 1.67 bits per heavy atom. The third-order valence-electron chi connectivity index (χ3n) is 3.78. The molecule has 0 bridgehead atoms. The number of rotatable bonds is 5. The van der Waals surface area contributed by atoms with Crippen LogP contribution < -0.4 is 16.0 Å². The fraction of sp³-hybridized carbons (Fsp3) is 0.222. The number of amides is 3. The molecule has 0 aliphatic rings. The van der Waals surface area contributed by atoms with Crippen LogP contribution in [0.4, 0.5) is 4.79 Å². The largest absolute Gasteiger partial charge is 0.341 e. The number of nitrogens with one attached hydrogen (secondary N) is 2. The van der Waals surface area contributed by atoms with Gasteiger partial charge in [0.15, 0.2) is 6.04 Å². The second-order valence-electron chi connectivity index (χ2n) is 5.46. The van der Waals surface area contributed by atoms with Crippen LogP contribution in [0.3, 0.4) is 0 Å². The lowest BCUT2D eigenvalue weighted by atomic mass is 10.0. The zero-order chi connectivity index (χ0) is 17.5. The molecule has 0 aliphatic carbocycles. The van der Waals surface area contributed by atoms with Gasteiger partial charge in [-0.1, -0.05) is 60.1 Å². The Morgan fingerprint density at radius 1 is 1.04 bits per heavy atom. The van der Waals surface area contributed by atoms with Crippen molar-refractivity contribution in [2.45, 2.75) is 19.0 Å². The van der Waals surface area contributed by atoms with Gasteiger partial charge in [-0.25, -0.2) is 4.79 Å². The highest BCUT2D eigenvalue weighted by atomic mass is 35.5. The summed E-state index contributed by atoms with van der Waals surface area (Å²) in [6.07, 6.45) is 0. The van der Waals surface area contributed by atoms with E-state index in [1.807, 2.05) is 66.8 Å². The minimum atomic E-state index is -0.560. The van der Waals surface area contributed by atoms with Crippen molar-refractivity contribution in [3.05, 3.63) is 70.7 Å². The van der Waals surface area contributed by atoms with E-state index in [0.29, 0.717) is 5.02 Å². The van der Waals surface area contributed by atoms with Crippen LogP contribution in [-0.4, -0.2) is 19.0 Å². The van der Waals surface area contributed by atoms with Crippen molar-refractivity contribution in [2.24, 2.45) is 0 Å². The fourth-order valence-electron chi connectivity index (χ4n) is 2.50. The number of urea groups is 1. The molecule has 24 heavy (non-hydrogen) atoms. The summed E-state index contributed by atoms with van der Waals surface area (Å²) >= 11 is 6.25. The highest BCUT2D eigenvalue weighted by Crippen LogP contribution is 2.21. The van der Waals surface area contributed by atoms with E-state index < -0.39 is 12.1 Å². The predicted molar refractivity (Wildman–Crippen MR) is 93.6 cm³/mol. The fourth-order valence-corrected chi connectivity index (χ4v) is 2.81. The Morgan fingerprint density at radius 3 is 2.29 bits per heavy atom. The highest BCUT2D eigenvalue weighted by Gasteiger charge is 2.28. The second-order valence-corrected chi connectivity index (χ2v) is 5.87. The first-order chi connectivity index (χ1) is 11.5. The molecule has 2 aromatic rings. The van der Waals surface area contributed by atoms with Crippen LogP contribution in [0.1, 0.15) is 30.1 Å². The third-order valence-corrected chi connectivity index (χ3v) is 4.13. The first-order valence-electron chi connectivity index (χ1n) is 7.70. The summed E-state index contributed by atoms with van der Waals surface area (Å²) in [7, 11) is 1.47. The van der Waals surface area contributed by atoms with Crippen LogP contribution in [-0.2, 0) is 4.79 Å². The van der Waals surface area contributed by atoms with Gasteiger partial charge in [-0.15, -0.1) is 0 Å². The van der Waals surface area contributed by atoms with Crippen LogP contribution in [0.15, 0.2) is 54.6 Å². The predicted octanol–water partition coefficient (Wildman–Crippen LogP) is 2.16. The van der Waals surface area contributed by atoms with Gasteiger partial charge in [0, 0.05) is 23.2 Å². The van der Waals surface area contributed by atoms with Crippen LogP contribution in [0.5, 0.6) is 0 Å². The minimum absolute atomic E-state index is 0.0562. The summed E-state index contributed by atoms with van der Waals surface area (Å²) in [5, 5.41) is 7.29. The molecule has 2 rings (SSSR count). The summed E-state index contributed by atoms with van der Waals surface area (Å²) < 4.78 is 0. The molecule has 5 nitrogen and oxygen atoms in total. The number of halogens is 1. The maximum Gasteiger partial charge on any atom is 0.321 e. The molecule has 2 atom stereocenters. The van der Waals surface area contributed by atoms with E-state index in [-0.39, 0.29) is 11.9 Å². The second kappa shape index (κ2) is 8.47.